The summed E-state index contributed by atoms with van der Waals surface area (Å²) >= 11 is 0. The Kier molecular flexibility index (Phi) is 7.36. The van der Waals surface area contributed by atoms with Crippen LogP contribution in [0.5, 0.6) is 5.75 Å². The molecule has 22 heavy (non-hydrogen) atoms. The van der Waals surface area contributed by atoms with E-state index >= 15 is 0 Å². The maximum atomic E-state index is 11.5. The number of benzene rings is 1. The van der Waals surface area contributed by atoms with Crippen LogP contribution in [0.15, 0.2) is 30.3 Å². The third-order valence-electron chi connectivity index (χ3n) is 3.53. The number of nitrogens with zero attached hydrogens (tertiary/aromatic N) is 1. The number of ether oxygens (including phenoxy) is 1. The van der Waals surface area contributed by atoms with E-state index in [1.54, 1.807) is 18.2 Å². The van der Waals surface area contributed by atoms with Gasteiger partial charge in [0, 0.05) is 0 Å². The SMILES string of the molecule is CCCCCCCCC(Oc1ccccc1)(C(=O)O)[N+](=O)[O-]. The van der Waals surface area contributed by atoms with Gasteiger partial charge in [0.15, 0.2) is 0 Å². The van der Waals surface area contributed by atoms with Crippen LogP contribution in [0.3, 0.4) is 0 Å². The summed E-state index contributed by atoms with van der Waals surface area (Å²) in [5, 5.41) is 20.7. The molecule has 1 unspecified atom stereocenters. The molecule has 0 spiro atoms. The molecule has 1 aromatic carbocycles. The van der Waals surface area contributed by atoms with Gasteiger partial charge in [-0.15, -0.1) is 0 Å². The summed E-state index contributed by atoms with van der Waals surface area (Å²) in [5.74, 6) is -1.37. The van der Waals surface area contributed by atoms with E-state index in [0.717, 1.165) is 32.1 Å². The Morgan fingerprint density at radius 1 is 1.18 bits per heavy atom. The number of para-hydroxylation sites is 1. The fourth-order valence-corrected chi connectivity index (χ4v) is 2.24. The second-order valence-corrected chi connectivity index (χ2v) is 5.28. The maximum absolute atomic E-state index is 11.5. The maximum Gasteiger partial charge on any atom is 0.460 e. The number of hydrogen-bond acceptors (Lipinski definition) is 4. The number of carbonyl (C=O) groups is 1. The number of hydrogen-bond donors (Lipinski definition) is 1. The Morgan fingerprint density at radius 2 is 1.77 bits per heavy atom. The Bertz CT molecular complexity index is 461. The molecule has 122 valence electrons. The van der Waals surface area contributed by atoms with Crippen molar-refractivity contribution in [2.24, 2.45) is 0 Å². The van der Waals surface area contributed by atoms with Crippen molar-refractivity contribution in [1.29, 1.82) is 0 Å². The minimum Gasteiger partial charge on any atom is -0.473 e. The number of aliphatic carboxylic acids is 1. The molecule has 0 fully saturated rings. The molecule has 0 aromatic heterocycles. The summed E-state index contributed by atoms with van der Waals surface area (Å²) in [4.78, 5) is 22.0. The molecular weight excluding hydrogens is 286 g/mol. The predicted molar refractivity (Wildman–Crippen MR) is 82.4 cm³/mol. The van der Waals surface area contributed by atoms with Gasteiger partial charge in [-0.1, -0.05) is 57.2 Å². The first-order valence-corrected chi connectivity index (χ1v) is 7.65. The third-order valence-corrected chi connectivity index (χ3v) is 3.53. The van der Waals surface area contributed by atoms with Gasteiger partial charge in [-0.25, -0.2) is 4.79 Å². The van der Waals surface area contributed by atoms with Crippen LogP contribution < -0.4 is 4.74 Å². The van der Waals surface area contributed by atoms with Gasteiger partial charge in [0.05, 0.1) is 11.3 Å². The second kappa shape index (κ2) is 9.02. The molecule has 0 radical (unpaired) electrons. The second-order valence-electron chi connectivity index (χ2n) is 5.28. The van der Waals surface area contributed by atoms with Crippen molar-refractivity contribution in [2.45, 2.75) is 57.6 Å². The molecule has 6 heteroatoms. The fourth-order valence-electron chi connectivity index (χ4n) is 2.24. The summed E-state index contributed by atoms with van der Waals surface area (Å²) in [5.41, 5.74) is -2.41. The standard InChI is InChI=1S/C16H23NO5/c1-2-3-4-5-6-10-13-16(15(18)19,17(20)21)22-14-11-8-7-9-12-14/h7-9,11-12H,2-6,10,13H2,1H3,(H,18,19). The summed E-state index contributed by atoms with van der Waals surface area (Å²) < 4.78 is 5.25. The molecule has 1 atom stereocenters. The molecule has 0 saturated heterocycles. The summed E-state index contributed by atoms with van der Waals surface area (Å²) in [7, 11) is 0. The molecule has 0 saturated carbocycles. The predicted octanol–water partition coefficient (Wildman–Crippen LogP) is 3.87. The summed E-state index contributed by atoms with van der Waals surface area (Å²) in [6, 6.07) is 8.05. The van der Waals surface area contributed by atoms with Gasteiger partial charge in [-0.3, -0.25) is 10.1 Å². The quantitative estimate of drug-likeness (QED) is 0.290. The third kappa shape index (κ3) is 5.02. The highest BCUT2D eigenvalue weighted by Crippen LogP contribution is 2.25. The molecule has 0 amide bonds. The van der Waals surface area contributed by atoms with Crippen molar-refractivity contribution >= 4 is 5.97 Å². The number of nitro groups is 1. The number of carboxylic acids is 1. The van der Waals surface area contributed by atoms with E-state index in [2.05, 4.69) is 6.92 Å². The van der Waals surface area contributed by atoms with Crippen LogP contribution in [0.4, 0.5) is 0 Å². The Morgan fingerprint density at radius 3 is 2.32 bits per heavy atom. The fraction of sp³-hybridized carbons (Fsp3) is 0.562. The van der Waals surface area contributed by atoms with E-state index in [9.17, 15) is 20.0 Å². The highest BCUT2D eigenvalue weighted by molar-refractivity contribution is 5.75. The van der Waals surface area contributed by atoms with Crippen LogP contribution in [-0.4, -0.2) is 21.7 Å². The zero-order valence-corrected chi connectivity index (χ0v) is 12.9. The lowest BCUT2D eigenvalue weighted by Gasteiger charge is -2.22. The van der Waals surface area contributed by atoms with Gasteiger partial charge in [0.2, 0.25) is 0 Å². The lowest BCUT2D eigenvalue weighted by Crippen LogP contribution is -2.51. The Balaban J connectivity index is 2.70. The highest BCUT2D eigenvalue weighted by Gasteiger charge is 2.54. The van der Waals surface area contributed by atoms with Crippen molar-refractivity contribution in [2.75, 3.05) is 0 Å². The minimum absolute atomic E-state index is 0.143. The first-order chi connectivity index (χ1) is 10.5. The van der Waals surface area contributed by atoms with Crippen LogP contribution in [0.1, 0.15) is 51.9 Å². The number of rotatable bonds is 11. The zero-order chi connectivity index (χ0) is 16.4. The van der Waals surface area contributed by atoms with Crippen LogP contribution in [-0.2, 0) is 4.79 Å². The van der Waals surface area contributed by atoms with Crippen LogP contribution >= 0.6 is 0 Å². The Labute approximate surface area is 130 Å². The molecule has 1 aromatic rings. The van der Waals surface area contributed by atoms with E-state index in [1.807, 2.05) is 0 Å². The Hall–Kier alpha value is -2.11. The van der Waals surface area contributed by atoms with Crippen LogP contribution in [0, 0.1) is 10.1 Å². The normalized spacial score (nSPS) is 13.3. The highest BCUT2D eigenvalue weighted by atomic mass is 16.7. The number of carboxylic acid groups (broad SMARTS) is 1. The molecular formula is C16H23NO5. The summed E-state index contributed by atoms with van der Waals surface area (Å²) in [6.07, 6.45) is 5.33. The van der Waals surface area contributed by atoms with Crippen LogP contribution in [0.2, 0.25) is 0 Å². The molecule has 0 bridgehead atoms. The van der Waals surface area contributed by atoms with Gasteiger partial charge < -0.3 is 9.84 Å². The van der Waals surface area contributed by atoms with Crippen molar-refractivity contribution in [3.63, 3.8) is 0 Å². The summed E-state index contributed by atoms with van der Waals surface area (Å²) in [6.45, 7) is 2.11. The van der Waals surface area contributed by atoms with Crippen molar-refractivity contribution < 1.29 is 19.6 Å². The molecule has 0 aliphatic rings. The monoisotopic (exact) mass is 309 g/mol. The van der Waals surface area contributed by atoms with Gasteiger partial charge in [0.1, 0.15) is 5.75 Å². The van der Waals surface area contributed by atoms with Crippen molar-refractivity contribution in [1.82, 2.24) is 0 Å². The lowest BCUT2D eigenvalue weighted by atomic mass is 10.0. The van der Waals surface area contributed by atoms with E-state index in [1.165, 1.54) is 12.1 Å². The van der Waals surface area contributed by atoms with Gasteiger partial charge in [-0.05, 0) is 18.6 Å². The average molecular weight is 309 g/mol. The topological polar surface area (TPSA) is 89.7 Å². The molecule has 0 aliphatic carbocycles. The van der Waals surface area contributed by atoms with E-state index < -0.39 is 16.6 Å². The van der Waals surface area contributed by atoms with Gasteiger partial charge in [0.25, 0.3) is 0 Å². The largest absolute Gasteiger partial charge is 0.473 e. The van der Waals surface area contributed by atoms with Crippen molar-refractivity contribution in [3.8, 4) is 5.75 Å². The lowest BCUT2D eigenvalue weighted by molar-refractivity contribution is -0.600. The van der Waals surface area contributed by atoms with Crippen LogP contribution in [0.25, 0.3) is 0 Å². The van der Waals surface area contributed by atoms with Gasteiger partial charge >= 0.3 is 11.7 Å². The van der Waals surface area contributed by atoms with E-state index in [4.69, 9.17) is 4.74 Å². The first-order valence-electron chi connectivity index (χ1n) is 7.65. The van der Waals surface area contributed by atoms with Crippen molar-refractivity contribution in [3.05, 3.63) is 40.4 Å². The molecule has 6 nitrogen and oxygen atoms in total. The average Bonchev–Trinajstić information content (AvgIpc) is 2.50. The smallest absolute Gasteiger partial charge is 0.460 e. The molecule has 1 rings (SSSR count). The number of unbranched alkanes of at least 4 members (excludes halogenated alkanes) is 5. The zero-order valence-electron chi connectivity index (χ0n) is 12.9. The van der Waals surface area contributed by atoms with E-state index in [-0.39, 0.29) is 12.2 Å². The molecule has 0 heterocycles. The minimum atomic E-state index is -2.41. The van der Waals surface area contributed by atoms with E-state index in [0.29, 0.717) is 6.42 Å². The first kappa shape index (κ1) is 17.9. The molecule has 1 N–H and O–H groups in total. The van der Waals surface area contributed by atoms with Gasteiger partial charge in [-0.2, -0.15) is 0 Å². The molecule has 0 aliphatic heterocycles.